The van der Waals surface area contributed by atoms with Gasteiger partial charge in [-0.15, -0.1) is 0 Å². The van der Waals surface area contributed by atoms with Crippen LogP contribution in [0, 0.1) is 0 Å². The maximum Gasteiger partial charge on any atom is 0.232 e. The molecule has 1 aromatic heterocycles. The van der Waals surface area contributed by atoms with Gasteiger partial charge in [0.1, 0.15) is 5.84 Å². The quantitative estimate of drug-likeness (QED) is 0.133. The van der Waals surface area contributed by atoms with Gasteiger partial charge in [-0.2, -0.15) is 4.99 Å². The standard InChI is InChI=1S/C39H28N4/c40-38(28-14-5-2-6-15-28)42-39(41-25-26-11-3-1-4-12-26)43-36-18-10-9-17-33(36)35-23-29-20-22-31-30-16-8-7-13-27(30)19-21-32(31)34(29)24-37(35)43/h1-24H,25H2,(H2,40,41,42). The van der Waals surface area contributed by atoms with E-state index in [2.05, 4.69) is 102 Å². The van der Waals surface area contributed by atoms with Crippen LogP contribution in [0.5, 0.6) is 0 Å². The van der Waals surface area contributed by atoms with E-state index in [1.165, 1.54) is 32.3 Å². The molecule has 0 amide bonds. The number of hydrogen-bond donors (Lipinski definition) is 1. The van der Waals surface area contributed by atoms with E-state index in [0.29, 0.717) is 18.3 Å². The summed E-state index contributed by atoms with van der Waals surface area (Å²) >= 11 is 0. The highest BCUT2D eigenvalue weighted by Gasteiger charge is 2.17. The van der Waals surface area contributed by atoms with Crippen LogP contribution in [0.2, 0.25) is 0 Å². The van der Waals surface area contributed by atoms with Crippen LogP contribution < -0.4 is 5.73 Å². The number of rotatable bonds is 3. The van der Waals surface area contributed by atoms with Gasteiger partial charge < -0.3 is 5.73 Å². The van der Waals surface area contributed by atoms with Crippen LogP contribution in [0.3, 0.4) is 0 Å². The van der Waals surface area contributed by atoms with Crippen molar-refractivity contribution in [3.63, 3.8) is 0 Å². The molecule has 0 aliphatic carbocycles. The Balaban J connectivity index is 1.43. The van der Waals surface area contributed by atoms with Crippen LogP contribution in [0.1, 0.15) is 11.1 Å². The first-order chi connectivity index (χ1) is 21.2. The SMILES string of the molecule is N/C(=N\C(=NCc1ccccc1)n1c2ccccc2c2cc3ccc4c5ccccc5ccc4c3cc21)c1ccccc1. The molecule has 0 bridgehead atoms. The Morgan fingerprint density at radius 2 is 1.16 bits per heavy atom. The van der Waals surface area contributed by atoms with Gasteiger partial charge >= 0.3 is 0 Å². The van der Waals surface area contributed by atoms with Crippen molar-refractivity contribution in [2.75, 3.05) is 0 Å². The first-order valence-corrected chi connectivity index (χ1v) is 14.5. The van der Waals surface area contributed by atoms with Crippen molar-refractivity contribution < 1.29 is 0 Å². The van der Waals surface area contributed by atoms with E-state index in [9.17, 15) is 0 Å². The second-order valence-electron chi connectivity index (χ2n) is 10.9. The fourth-order valence-electron chi connectivity index (χ4n) is 6.18. The molecule has 0 aliphatic heterocycles. The summed E-state index contributed by atoms with van der Waals surface area (Å²) in [7, 11) is 0. The van der Waals surface area contributed by atoms with E-state index in [1.54, 1.807) is 0 Å². The lowest BCUT2D eigenvalue weighted by Crippen LogP contribution is -2.19. The topological polar surface area (TPSA) is 55.7 Å². The van der Waals surface area contributed by atoms with Gasteiger partial charge in [0, 0.05) is 16.3 Å². The molecule has 8 rings (SSSR count). The van der Waals surface area contributed by atoms with Crippen molar-refractivity contribution in [1.29, 1.82) is 0 Å². The molecule has 0 aliphatic rings. The first-order valence-electron chi connectivity index (χ1n) is 14.5. The lowest BCUT2D eigenvalue weighted by atomic mass is 9.96. The Bertz CT molecular complexity index is 2360. The lowest BCUT2D eigenvalue weighted by molar-refractivity contribution is 1.03. The molecule has 0 spiro atoms. The third-order valence-corrected chi connectivity index (χ3v) is 8.27. The summed E-state index contributed by atoms with van der Waals surface area (Å²) in [6.07, 6.45) is 0. The summed E-state index contributed by atoms with van der Waals surface area (Å²) in [6.45, 7) is 0.484. The Morgan fingerprint density at radius 3 is 1.98 bits per heavy atom. The van der Waals surface area contributed by atoms with E-state index >= 15 is 0 Å². The molecule has 8 aromatic rings. The van der Waals surface area contributed by atoms with Crippen molar-refractivity contribution in [3.8, 4) is 0 Å². The molecule has 204 valence electrons. The van der Waals surface area contributed by atoms with Crippen molar-refractivity contribution in [2.45, 2.75) is 6.54 Å². The second-order valence-corrected chi connectivity index (χ2v) is 10.9. The average Bonchev–Trinajstić information content (AvgIpc) is 3.39. The summed E-state index contributed by atoms with van der Waals surface area (Å²) in [5.74, 6) is 0.984. The summed E-state index contributed by atoms with van der Waals surface area (Å²) in [6, 6.07) is 50.7. The zero-order valence-electron chi connectivity index (χ0n) is 23.5. The zero-order valence-corrected chi connectivity index (χ0v) is 23.5. The summed E-state index contributed by atoms with van der Waals surface area (Å²) in [5, 5.41) is 9.68. The Morgan fingerprint density at radius 1 is 0.512 bits per heavy atom. The highest BCUT2D eigenvalue weighted by molar-refractivity contribution is 6.23. The number of benzene rings is 7. The summed E-state index contributed by atoms with van der Waals surface area (Å²) in [5.41, 5.74) is 10.7. The van der Waals surface area contributed by atoms with Crippen LogP contribution in [-0.4, -0.2) is 16.4 Å². The van der Waals surface area contributed by atoms with E-state index in [0.717, 1.165) is 32.9 Å². The molecule has 2 N–H and O–H groups in total. The van der Waals surface area contributed by atoms with E-state index in [4.69, 9.17) is 15.7 Å². The molecule has 7 aromatic carbocycles. The highest BCUT2D eigenvalue weighted by atomic mass is 15.2. The van der Waals surface area contributed by atoms with Crippen LogP contribution in [-0.2, 0) is 6.54 Å². The maximum absolute atomic E-state index is 6.63. The predicted molar refractivity (Wildman–Crippen MR) is 182 cm³/mol. The third kappa shape index (κ3) is 4.32. The molecular formula is C39H28N4. The van der Waals surface area contributed by atoms with Gasteiger partial charge in [-0.05, 0) is 56.1 Å². The average molecular weight is 553 g/mol. The van der Waals surface area contributed by atoms with E-state index < -0.39 is 0 Å². The Kier molecular flexibility index (Phi) is 5.97. The molecule has 0 atom stereocenters. The number of para-hydroxylation sites is 1. The van der Waals surface area contributed by atoms with Crippen LogP contribution in [0.25, 0.3) is 54.1 Å². The Labute approximate surface area is 249 Å². The number of hydrogen-bond acceptors (Lipinski definition) is 1. The molecule has 0 unspecified atom stereocenters. The number of amidine groups is 1. The molecule has 0 saturated heterocycles. The van der Waals surface area contributed by atoms with Gasteiger partial charge in [-0.1, -0.05) is 127 Å². The molecule has 1 heterocycles. The molecule has 0 fully saturated rings. The molecule has 4 nitrogen and oxygen atoms in total. The molecule has 4 heteroatoms. The van der Waals surface area contributed by atoms with Crippen molar-refractivity contribution in [3.05, 3.63) is 157 Å². The number of aromatic nitrogens is 1. The van der Waals surface area contributed by atoms with Crippen LogP contribution in [0.15, 0.2) is 156 Å². The minimum absolute atomic E-state index is 0.427. The molecule has 43 heavy (non-hydrogen) atoms. The monoisotopic (exact) mass is 552 g/mol. The van der Waals surface area contributed by atoms with Gasteiger partial charge in [0.25, 0.3) is 0 Å². The van der Waals surface area contributed by atoms with Crippen LogP contribution in [0.4, 0.5) is 0 Å². The van der Waals surface area contributed by atoms with Gasteiger partial charge in [0.05, 0.1) is 17.6 Å². The smallest absolute Gasteiger partial charge is 0.232 e. The number of aliphatic imine (C=N–C) groups is 2. The van der Waals surface area contributed by atoms with Gasteiger partial charge in [-0.25, -0.2) is 4.99 Å². The largest absolute Gasteiger partial charge is 0.383 e. The Hall–Kier alpha value is -5.74. The normalized spacial score (nSPS) is 12.7. The summed E-state index contributed by atoms with van der Waals surface area (Å²) in [4.78, 5) is 10.1. The number of fused-ring (bicyclic) bond motifs is 8. The van der Waals surface area contributed by atoms with Crippen molar-refractivity contribution in [2.24, 2.45) is 15.7 Å². The van der Waals surface area contributed by atoms with Crippen LogP contribution >= 0.6 is 0 Å². The van der Waals surface area contributed by atoms with Gasteiger partial charge in [0.15, 0.2) is 0 Å². The zero-order chi connectivity index (χ0) is 28.8. The molecule has 0 saturated carbocycles. The maximum atomic E-state index is 6.63. The minimum Gasteiger partial charge on any atom is -0.383 e. The minimum atomic E-state index is 0.427. The fourth-order valence-corrected chi connectivity index (χ4v) is 6.18. The number of nitrogens with zero attached hydrogens (tertiary/aromatic N) is 3. The predicted octanol–water partition coefficient (Wildman–Crippen LogP) is 9.06. The van der Waals surface area contributed by atoms with E-state index in [1.807, 2.05) is 48.5 Å². The van der Waals surface area contributed by atoms with E-state index in [-0.39, 0.29) is 0 Å². The van der Waals surface area contributed by atoms with Crippen molar-refractivity contribution >= 4 is 65.9 Å². The number of nitrogens with two attached hydrogens (primary N) is 1. The summed E-state index contributed by atoms with van der Waals surface area (Å²) < 4.78 is 2.17. The highest BCUT2D eigenvalue weighted by Crippen LogP contribution is 2.37. The third-order valence-electron chi connectivity index (χ3n) is 8.27. The molecular weight excluding hydrogens is 524 g/mol. The van der Waals surface area contributed by atoms with Gasteiger partial charge in [-0.3, -0.25) is 4.57 Å². The first kappa shape index (κ1) is 25.0. The lowest BCUT2D eigenvalue weighted by Gasteiger charge is -2.11. The van der Waals surface area contributed by atoms with Crippen molar-refractivity contribution in [1.82, 2.24) is 4.57 Å². The second kappa shape index (κ2) is 10.3. The van der Waals surface area contributed by atoms with Gasteiger partial charge in [0.2, 0.25) is 5.96 Å². The fraction of sp³-hybridized carbons (Fsp3) is 0.0256. The molecule has 0 radical (unpaired) electrons.